The predicted octanol–water partition coefficient (Wildman–Crippen LogP) is 1.96. The van der Waals surface area contributed by atoms with Crippen molar-refractivity contribution in [3.05, 3.63) is 31.8 Å². The van der Waals surface area contributed by atoms with E-state index in [-0.39, 0.29) is 12.5 Å². The number of hydrogen-bond acceptors (Lipinski definition) is 3. The lowest BCUT2D eigenvalue weighted by Gasteiger charge is -2.06. The molecule has 0 spiro atoms. The van der Waals surface area contributed by atoms with Crippen LogP contribution in [0.1, 0.15) is 10.4 Å². The van der Waals surface area contributed by atoms with Gasteiger partial charge in [0.15, 0.2) is 0 Å². The molecule has 0 saturated heterocycles. The van der Waals surface area contributed by atoms with Gasteiger partial charge in [0.05, 0.1) is 12.7 Å². The Balaban J connectivity index is 2.73. The molecule has 6 heteroatoms. The standard InChI is InChI=1S/C10H9BrINO3/c1-16-9(14)5-13-10(15)7-4-6(12)2-3-8(7)11/h2-4H,5H2,1H3,(H,13,15). The zero-order valence-corrected chi connectivity index (χ0v) is 12.2. The van der Waals surface area contributed by atoms with Gasteiger partial charge in [0.2, 0.25) is 0 Å². The summed E-state index contributed by atoms with van der Waals surface area (Å²) < 4.78 is 6.06. The first-order valence-electron chi connectivity index (χ1n) is 4.34. The summed E-state index contributed by atoms with van der Waals surface area (Å²) in [5.41, 5.74) is 0.496. The molecule has 0 aliphatic carbocycles. The smallest absolute Gasteiger partial charge is 0.325 e. The van der Waals surface area contributed by atoms with E-state index in [2.05, 4.69) is 48.6 Å². The maximum Gasteiger partial charge on any atom is 0.325 e. The highest BCUT2D eigenvalue weighted by molar-refractivity contribution is 14.1. The number of methoxy groups -OCH3 is 1. The SMILES string of the molecule is COC(=O)CNC(=O)c1cc(I)ccc1Br. The van der Waals surface area contributed by atoms with E-state index in [0.717, 1.165) is 3.57 Å². The lowest BCUT2D eigenvalue weighted by molar-refractivity contribution is -0.139. The summed E-state index contributed by atoms with van der Waals surface area (Å²) >= 11 is 5.39. The third-order valence-electron chi connectivity index (χ3n) is 1.79. The largest absolute Gasteiger partial charge is 0.468 e. The molecule has 0 heterocycles. The summed E-state index contributed by atoms with van der Waals surface area (Å²) in [4.78, 5) is 22.5. The number of halogens is 2. The van der Waals surface area contributed by atoms with Crippen LogP contribution in [-0.4, -0.2) is 25.5 Å². The van der Waals surface area contributed by atoms with Crippen molar-refractivity contribution in [3.63, 3.8) is 0 Å². The highest BCUT2D eigenvalue weighted by Crippen LogP contribution is 2.19. The Morgan fingerprint density at radius 3 is 2.81 bits per heavy atom. The third-order valence-corrected chi connectivity index (χ3v) is 3.16. The van der Waals surface area contributed by atoms with Crippen LogP contribution in [0.5, 0.6) is 0 Å². The molecule has 1 N–H and O–H groups in total. The monoisotopic (exact) mass is 397 g/mol. The van der Waals surface area contributed by atoms with E-state index in [1.807, 2.05) is 6.07 Å². The van der Waals surface area contributed by atoms with Gasteiger partial charge in [-0.25, -0.2) is 0 Å². The summed E-state index contributed by atoms with van der Waals surface area (Å²) in [5, 5.41) is 2.47. The van der Waals surface area contributed by atoms with Crippen LogP contribution in [0, 0.1) is 3.57 Å². The number of ether oxygens (including phenoxy) is 1. The molecule has 0 aliphatic heterocycles. The summed E-state index contributed by atoms with van der Waals surface area (Å²) in [7, 11) is 1.27. The normalized spacial score (nSPS) is 9.69. The summed E-state index contributed by atoms with van der Waals surface area (Å²) in [6.45, 7) is -0.132. The maximum absolute atomic E-state index is 11.7. The number of esters is 1. The molecular formula is C10H9BrINO3. The molecule has 0 bridgehead atoms. The number of amides is 1. The van der Waals surface area contributed by atoms with E-state index in [1.165, 1.54) is 7.11 Å². The highest BCUT2D eigenvalue weighted by atomic mass is 127. The molecule has 0 radical (unpaired) electrons. The molecule has 0 fully saturated rings. The summed E-state index contributed by atoms with van der Waals surface area (Å²) in [6, 6.07) is 5.40. The lowest BCUT2D eigenvalue weighted by atomic mass is 10.2. The first-order chi connectivity index (χ1) is 7.54. The average Bonchev–Trinajstić information content (AvgIpc) is 2.28. The molecule has 0 unspecified atom stereocenters. The van der Waals surface area contributed by atoms with Crippen LogP contribution in [0.4, 0.5) is 0 Å². The molecule has 1 aromatic carbocycles. The molecule has 4 nitrogen and oxygen atoms in total. The van der Waals surface area contributed by atoms with Crippen molar-refractivity contribution in [2.24, 2.45) is 0 Å². The molecule has 0 atom stereocenters. The van der Waals surface area contributed by atoms with Crippen LogP contribution in [0.15, 0.2) is 22.7 Å². The van der Waals surface area contributed by atoms with Crippen LogP contribution in [-0.2, 0) is 9.53 Å². The van der Waals surface area contributed by atoms with Gasteiger partial charge in [-0.1, -0.05) is 0 Å². The molecule has 0 aliphatic rings. The number of hydrogen-bond donors (Lipinski definition) is 1. The summed E-state index contributed by atoms with van der Waals surface area (Å²) in [6.07, 6.45) is 0. The van der Waals surface area contributed by atoms with Crippen molar-refractivity contribution >= 4 is 50.4 Å². The van der Waals surface area contributed by atoms with Crippen LogP contribution < -0.4 is 5.32 Å². The van der Waals surface area contributed by atoms with Gasteiger partial charge < -0.3 is 10.1 Å². The van der Waals surface area contributed by atoms with Crippen molar-refractivity contribution < 1.29 is 14.3 Å². The second kappa shape index (κ2) is 6.19. The van der Waals surface area contributed by atoms with E-state index in [4.69, 9.17) is 0 Å². The first kappa shape index (κ1) is 13.4. The van der Waals surface area contributed by atoms with Gasteiger partial charge in [-0.05, 0) is 56.7 Å². The van der Waals surface area contributed by atoms with Gasteiger partial charge >= 0.3 is 5.97 Å². The second-order valence-corrected chi connectivity index (χ2v) is 4.98. The maximum atomic E-state index is 11.7. The Morgan fingerprint density at radius 2 is 2.19 bits per heavy atom. The first-order valence-corrected chi connectivity index (χ1v) is 6.22. The highest BCUT2D eigenvalue weighted by Gasteiger charge is 2.11. The quantitative estimate of drug-likeness (QED) is 0.626. The number of carbonyl (C=O) groups is 2. The van der Waals surface area contributed by atoms with Crippen molar-refractivity contribution in [1.82, 2.24) is 5.32 Å². The van der Waals surface area contributed by atoms with Crippen molar-refractivity contribution in [2.45, 2.75) is 0 Å². The fourth-order valence-corrected chi connectivity index (χ4v) is 1.91. The van der Waals surface area contributed by atoms with Crippen LogP contribution >= 0.6 is 38.5 Å². The molecule has 0 saturated carbocycles. The van der Waals surface area contributed by atoms with Crippen molar-refractivity contribution in [1.29, 1.82) is 0 Å². The van der Waals surface area contributed by atoms with E-state index < -0.39 is 5.97 Å². The number of rotatable bonds is 3. The van der Waals surface area contributed by atoms with E-state index >= 15 is 0 Å². The van der Waals surface area contributed by atoms with E-state index in [0.29, 0.717) is 10.0 Å². The van der Waals surface area contributed by atoms with Crippen molar-refractivity contribution in [3.8, 4) is 0 Å². The Kier molecular flexibility index (Phi) is 5.20. The number of benzene rings is 1. The Labute approximate surface area is 115 Å². The number of carbonyl (C=O) groups excluding carboxylic acids is 2. The van der Waals surface area contributed by atoms with Gasteiger partial charge in [-0.15, -0.1) is 0 Å². The van der Waals surface area contributed by atoms with E-state index in [9.17, 15) is 9.59 Å². The van der Waals surface area contributed by atoms with Gasteiger partial charge in [0.25, 0.3) is 5.91 Å². The third kappa shape index (κ3) is 3.75. The van der Waals surface area contributed by atoms with Crippen LogP contribution in [0.25, 0.3) is 0 Å². The van der Waals surface area contributed by atoms with Crippen LogP contribution in [0.3, 0.4) is 0 Å². The molecule has 86 valence electrons. The number of nitrogens with one attached hydrogen (secondary N) is 1. The van der Waals surface area contributed by atoms with Gasteiger partial charge in [-0.2, -0.15) is 0 Å². The summed E-state index contributed by atoms with van der Waals surface area (Å²) in [5.74, 6) is -0.786. The van der Waals surface area contributed by atoms with Crippen LogP contribution in [0.2, 0.25) is 0 Å². The minimum Gasteiger partial charge on any atom is -0.468 e. The Hall–Kier alpha value is -0.630. The molecule has 1 rings (SSSR count). The van der Waals surface area contributed by atoms with Crippen molar-refractivity contribution in [2.75, 3.05) is 13.7 Å². The molecular weight excluding hydrogens is 389 g/mol. The predicted molar refractivity (Wildman–Crippen MR) is 71.2 cm³/mol. The fourth-order valence-electron chi connectivity index (χ4n) is 0.991. The minimum absolute atomic E-state index is 0.132. The van der Waals surface area contributed by atoms with Gasteiger partial charge in [0, 0.05) is 8.04 Å². The molecule has 16 heavy (non-hydrogen) atoms. The molecule has 1 amide bonds. The second-order valence-electron chi connectivity index (χ2n) is 2.88. The fraction of sp³-hybridized carbons (Fsp3) is 0.200. The van der Waals surface area contributed by atoms with Gasteiger partial charge in [-0.3, -0.25) is 9.59 Å². The minimum atomic E-state index is -0.477. The Bertz CT molecular complexity index is 423. The Morgan fingerprint density at radius 1 is 1.50 bits per heavy atom. The molecule has 1 aromatic rings. The topological polar surface area (TPSA) is 55.4 Å². The van der Waals surface area contributed by atoms with Gasteiger partial charge in [0.1, 0.15) is 6.54 Å². The molecule has 0 aromatic heterocycles. The average molecular weight is 398 g/mol. The zero-order chi connectivity index (χ0) is 12.1. The van der Waals surface area contributed by atoms with E-state index in [1.54, 1.807) is 12.1 Å². The zero-order valence-electron chi connectivity index (χ0n) is 8.42. The lowest BCUT2D eigenvalue weighted by Crippen LogP contribution is -2.30.